The molecular weight excluding hydrogens is 497 g/mol. The maximum Gasteiger partial charge on any atom is 0.257 e. The Balaban J connectivity index is 1.31. The third-order valence-corrected chi connectivity index (χ3v) is 6.16. The standard InChI is InChI=1S/C24H19Cl2N3O4S/c1-31-22-11-15(9-10-21(22)32-13-16-17(25)5-4-6-18(16)26)12-27-29-23(30)14-34-24-28-19-7-2-3-8-20(19)33-24/h2-12H,13-14H2,1H3,(H,29,30)/b27-12-. The summed E-state index contributed by atoms with van der Waals surface area (Å²) in [5, 5.41) is 5.48. The third-order valence-electron chi connectivity index (χ3n) is 4.63. The predicted molar refractivity (Wildman–Crippen MR) is 134 cm³/mol. The number of hydrazone groups is 1. The molecule has 0 saturated heterocycles. The first-order valence-corrected chi connectivity index (χ1v) is 11.8. The Hall–Kier alpha value is -3.20. The van der Waals surface area contributed by atoms with Crippen LogP contribution in [0.5, 0.6) is 11.5 Å². The van der Waals surface area contributed by atoms with E-state index in [4.69, 9.17) is 37.1 Å². The van der Waals surface area contributed by atoms with Crippen molar-refractivity contribution >= 4 is 58.2 Å². The summed E-state index contributed by atoms with van der Waals surface area (Å²) in [6.45, 7) is 0.191. The predicted octanol–water partition coefficient (Wildman–Crippen LogP) is 5.96. The molecule has 1 heterocycles. The first-order valence-electron chi connectivity index (χ1n) is 10.1. The Kier molecular flexibility index (Phi) is 7.95. The maximum atomic E-state index is 12.1. The number of fused-ring (bicyclic) bond motifs is 1. The second-order valence-corrected chi connectivity index (χ2v) is 8.67. The molecule has 0 unspecified atom stereocenters. The zero-order valence-electron chi connectivity index (χ0n) is 18.0. The van der Waals surface area contributed by atoms with Gasteiger partial charge < -0.3 is 13.9 Å². The zero-order valence-corrected chi connectivity index (χ0v) is 20.3. The van der Waals surface area contributed by atoms with E-state index >= 15 is 0 Å². The fourth-order valence-corrected chi connectivity index (χ4v) is 4.09. The van der Waals surface area contributed by atoms with Crippen LogP contribution in [-0.2, 0) is 11.4 Å². The van der Waals surface area contributed by atoms with E-state index in [0.29, 0.717) is 43.5 Å². The van der Waals surface area contributed by atoms with Crippen molar-refractivity contribution < 1.29 is 18.7 Å². The molecule has 0 radical (unpaired) electrons. The summed E-state index contributed by atoms with van der Waals surface area (Å²) < 4.78 is 16.8. The fourth-order valence-electron chi connectivity index (χ4n) is 2.96. The number of thioether (sulfide) groups is 1. The van der Waals surface area contributed by atoms with Crippen LogP contribution in [0.2, 0.25) is 10.0 Å². The summed E-state index contributed by atoms with van der Waals surface area (Å²) in [6.07, 6.45) is 1.51. The highest BCUT2D eigenvalue weighted by Gasteiger charge is 2.11. The average Bonchev–Trinajstić information content (AvgIpc) is 3.26. The Bertz CT molecular complexity index is 1290. The summed E-state index contributed by atoms with van der Waals surface area (Å²) in [5.74, 6) is 0.858. The average molecular weight is 516 g/mol. The molecule has 4 rings (SSSR count). The highest BCUT2D eigenvalue weighted by molar-refractivity contribution is 7.99. The fraction of sp³-hybridized carbons (Fsp3) is 0.125. The minimum absolute atomic E-state index is 0.116. The second-order valence-electron chi connectivity index (χ2n) is 6.93. The number of amides is 1. The molecule has 0 atom stereocenters. The van der Waals surface area contributed by atoms with Gasteiger partial charge >= 0.3 is 0 Å². The lowest BCUT2D eigenvalue weighted by atomic mass is 10.2. The number of hydrogen-bond acceptors (Lipinski definition) is 7. The molecular formula is C24H19Cl2N3O4S. The van der Waals surface area contributed by atoms with Gasteiger partial charge in [0.2, 0.25) is 0 Å². The Morgan fingerprint density at radius 1 is 1.12 bits per heavy atom. The lowest BCUT2D eigenvalue weighted by Crippen LogP contribution is -2.19. The molecule has 4 aromatic rings. The van der Waals surface area contributed by atoms with Crippen molar-refractivity contribution in [3.05, 3.63) is 81.8 Å². The van der Waals surface area contributed by atoms with Gasteiger partial charge in [-0.15, -0.1) is 0 Å². The molecule has 0 aliphatic carbocycles. The van der Waals surface area contributed by atoms with E-state index in [9.17, 15) is 4.79 Å². The van der Waals surface area contributed by atoms with Gasteiger partial charge in [0, 0.05) is 15.6 Å². The van der Waals surface area contributed by atoms with Gasteiger partial charge in [-0.25, -0.2) is 10.4 Å². The third kappa shape index (κ3) is 6.02. The SMILES string of the molecule is COc1cc(/C=N\NC(=O)CSc2nc3ccccc3o2)ccc1OCc1c(Cl)cccc1Cl. The topological polar surface area (TPSA) is 86.0 Å². The Morgan fingerprint density at radius 2 is 1.91 bits per heavy atom. The van der Waals surface area contributed by atoms with Gasteiger partial charge in [-0.1, -0.05) is 53.2 Å². The normalized spacial score (nSPS) is 11.1. The van der Waals surface area contributed by atoms with Crippen molar-refractivity contribution in [3.8, 4) is 11.5 Å². The molecule has 10 heteroatoms. The summed E-state index contributed by atoms with van der Waals surface area (Å²) in [7, 11) is 1.54. The van der Waals surface area contributed by atoms with Crippen LogP contribution in [-0.4, -0.2) is 30.0 Å². The van der Waals surface area contributed by atoms with Crippen LogP contribution in [0.4, 0.5) is 0 Å². The van der Waals surface area contributed by atoms with Crippen LogP contribution >= 0.6 is 35.0 Å². The van der Waals surface area contributed by atoms with E-state index in [0.717, 1.165) is 5.52 Å². The number of oxazole rings is 1. The summed E-state index contributed by atoms with van der Waals surface area (Å²) in [5.41, 5.74) is 5.32. The molecule has 3 aromatic carbocycles. The number of aromatic nitrogens is 1. The minimum Gasteiger partial charge on any atom is -0.493 e. The number of rotatable bonds is 9. The van der Waals surface area contributed by atoms with E-state index in [-0.39, 0.29) is 18.3 Å². The summed E-state index contributed by atoms with van der Waals surface area (Å²) in [4.78, 5) is 16.4. The molecule has 34 heavy (non-hydrogen) atoms. The van der Waals surface area contributed by atoms with Crippen molar-refractivity contribution in [1.29, 1.82) is 0 Å². The number of hydrogen-bond donors (Lipinski definition) is 1. The van der Waals surface area contributed by atoms with Crippen molar-refractivity contribution in [1.82, 2.24) is 10.4 Å². The minimum atomic E-state index is -0.285. The maximum absolute atomic E-state index is 12.1. The van der Waals surface area contributed by atoms with Gasteiger partial charge in [0.05, 0.1) is 19.1 Å². The van der Waals surface area contributed by atoms with Crippen LogP contribution < -0.4 is 14.9 Å². The number of nitrogens with one attached hydrogen (secondary N) is 1. The number of ether oxygens (including phenoxy) is 2. The van der Waals surface area contributed by atoms with E-state index in [2.05, 4.69) is 15.5 Å². The first kappa shape index (κ1) is 23.9. The monoisotopic (exact) mass is 515 g/mol. The van der Waals surface area contributed by atoms with Crippen LogP contribution in [0, 0.1) is 0 Å². The molecule has 0 fully saturated rings. The van der Waals surface area contributed by atoms with Crippen LogP contribution in [0.15, 0.2) is 75.4 Å². The van der Waals surface area contributed by atoms with Crippen molar-refractivity contribution in [3.63, 3.8) is 0 Å². The van der Waals surface area contributed by atoms with Gasteiger partial charge in [-0.05, 0) is 48.0 Å². The van der Waals surface area contributed by atoms with Gasteiger partial charge in [-0.3, -0.25) is 4.79 Å². The van der Waals surface area contributed by atoms with E-state index in [1.54, 1.807) is 36.4 Å². The van der Waals surface area contributed by atoms with Crippen LogP contribution in [0.1, 0.15) is 11.1 Å². The number of carbonyl (C=O) groups excluding carboxylic acids is 1. The van der Waals surface area contributed by atoms with Crippen LogP contribution in [0.25, 0.3) is 11.1 Å². The van der Waals surface area contributed by atoms with Crippen molar-refractivity contribution in [2.24, 2.45) is 5.10 Å². The molecule has 1 N–H and O–H groups in total. The molecule has 0 spiro atoms. The van der Waals surface area contributed by atoms with Gasteiger partial charge in [0.15, 0.2) is 17.1 Å². The van der Waals surface area contributed by atoms with E-state index in [1.807, 2.05) is 24.3 Å². The zero-order chi connectivity index (χ0) is 23.9. The lowest BCUT2D eigenvalue weighted by molar-refractivity contribution is -0.118. The van der Waals surface area contributed by atoms with Crippen molar-refractivity contribution in [2.75, 3.05) is 12.9 Å². The molecule has 0 aliphatic rings. The van der Waals surface area contributed by atoms with Crippen molar-refractivity contribution in [2.45, 2.75) is 11.8 Å². The van der Waals surface area contributed by atoms with E-state index in [1.165, 1.54) is 25.1 Å². The first-order chi connectivity index (χ1) is 16.5. The number of methoxy groups -OCH3 is 1. The largest absolute Gasteiger partial charge is 0.493 e. The van der Waals surface area contributed by atoms with Crippen LogP contribution in [0.3, 0.4) is 0 Å². The molecule has 0 aliphatic heterocycles. The summed E-state index contributed by atoms with van der Waals surface area (Å²) >= 11 is 13.6. The Morgan fingerprint density at radius 3 is 2.68 bits per heavy atom. The smallest absolute Gasteiger partial charge is 0.257 e. The quantitative estimate of drug-likeness (QED) is 0.168. The van der Waals surface area contributed by atoms with Gasteiger partial charge in [-0.2, -0.15) is 5.10 Å². The summed E-state index contributed by atoms with van der Waals surface area (Å²) in [6, 6.07) is 18.0. The number of nitrogens with zero attached hydrogens (tertiary/aromatic N) is 2. The highest BCUT2D eigenvalue weighted by atomic mass is 35.5. The molecule has 1 aromatic heterocycles. The second kappa shape index (κ2) is 11.3. The highest BCUT2D eigenvalue weighted by Crippen LogP contribution is 2.31. The molecule has 174 valence electrons. The Labute approximate surface area is 210 Å². The van der Waals surface area contributed by atoms with E-state index < -0.39 is 0 Å². The van der Waals surface area contributed by atoms with Gasteiger partial charge in [0.25, 0.3) is 11.1 Å². The lowest BCUT2D eigenvalue weighted by Gasteiger charge is -2.13. The molecule has 1 amide bonds. The molecule has 0 bridgehead atoms. The van der Waals surface area contributed by atoms with Gasteiger partial charge in [0.1, 0.15) is 12.1 Å². The number of para-hydroxylation sites is 2. The molecule has 0 saturated carbocycles. The number of halogens is 2. The number of benzene rings is 3. The molecule has 7 nitrogen and oxygen atoms in total. The number of carbonyl (C=O) groups is 1.